The number of hydrogen-bond acceptors (Lipinski definition) is 7. The Morgan fingerprint density at radius 2 is 2.02 bits per heavy atom. The maximum atomic E-state index is 16.7. The van der Waals surface area contributed by atoms with Gasteiger partial charge in [0, 0.05) is 48.1 Å². The molecule has 4 aromatic rings. The Hall–Kier alpha value is -4.20. The summed E-state index contributed by atoms with van der Waals surface area (Å²) in [6.45, 7) is 7.68. The predicted octanol–water partition coefficient (Wildman–Crippen LogP) is 3.94. The highest BCUT2D eigenvalue weighted by Crippen LogP contribution is 2.42. The highest BCUT2D eigenvalue weighted by atomic mass is 35.5. The summed E-state index contributed by atoms with van der Waals surface area (Å²) in [5, 5.41) is 8.49. The highest BCUT2D eigenvalue weighted by Gasteiger charge is 2.37. The van der Waals surface area contributed by atoms with Crippen molar-refractivity contribution in [2.24, 2.45) is 0 Å². The summed E-state index contributed by atoms with van der Waals surface area (Å²) >= 11 is 6.83. The Balaban J connectivity index is 1.54. The quantitative estimate of drug-likeness (QED) is 0.286. The summed E-state index contributed by atoms with van der Waals surface area (Å²) in [5.41, 5.74) is 1.80. The summed E-state index contributed by atoms with van der Waals surface area (Å²) in [7, 11) is 4.06. The van der Waals surface area contributed by atoms with Crippen LogP contribution in [0.1, 0.15) is 6.92 Å². The molecule has 9 nitrogen and oxygen atoms in total. The second-order valence-corrected chi connectivity index (χ2v) is 11.2. The molecule has 0 saturated carbocycles. The Bertz CT molecular complexity index is 1720. The zero-order valence-electron chi connectivity index (χ0n) is 23.1. The van der Waals surface area contributed by atoms with E-state index in [4.69, 9.17) is 28.0 Å². The van der Waals surface area contributed by atoms with Crippen LogP contribution < -0.4 is 9.80 Å². The molecule has 0 bridgehead atoms. The second kappa shape index (κ2) is 10.3. The minimum atomic E-state index is -0.540. The molecule has 2 aromatic carbocycles. The van der Waals surface area contributed by atoms with Crippen LogP contribution in [0.25, 0.3) is 32.9 Å². The number of nitrogens with one attached hydrogen (secondary N) is 1. The van der Waals surface area contributed by atoms with E-state index in [0.29, 0.717) is 48.4 Å². The molecule has 2 saturated heterocycles. The van der Waals surface area contributed by atoms with Crippen LogP contribution in [0.5, 0.6) is 0 Å². The number of halogens is 2. The lowest BCUT2D eigenvalue weighted by atomic mass is 9.99. The van der Waals surface area contributed by atoms with Gasteiger partial charge in [0.25, 0.3) is 0 Å². The van der Waals surface area contributed by atoms with Crippen LogP contribution in [0.2, 0.25) is 5.02 Å². The third-order valence-electron chi connectivity index (χ3n) is 8.14. The van der Waals surface area contributed by atoms with E-state index in [-0.39, 0.29) is 34.6 Å². The van der Waals surface area contributed by atoms with Crippen LogP contribution in [-0.4, -0.2) is 94.3 Å². The van der Waals surface area contributed by atoms with Crippen molar-refractivity contribution >= 4 is 51.1 Å². The first-order valence-electron chi connectivity index (χ1n) is 13.4. The van der Waals surface area contributed by atoms with Gasteiger partial charge in [0.2, 0.25) is 11.9 Å². The molecule has 0 unspecified atom stereocenters. The summed E-state index contributed by atoms with van der Waals surface area (Å²) in [6, 6.07) is 6.91. The Kier molecular flexibility index (Phi) is 6.80. The summed E-state index contributed by atoms with van der Waals surface area (Å²) in [6.07, 6.45) is 8.94. The van der Waals surface area contributed by atoms with Crippen molar-refractivity contribution in [1.82, 2.24) is 30.0 Å². The number of H-pyrrole nitrogens is 1. The predicted molar refractivity (Wildman–Crippen MR) is 161 cm³/mol. The van der Waals surface area contributed by atoms with Crippen molar-refractivity contribution in [1.29, 1.82) is 0 Å². The van der Waals surface area contributed by atoms with Crippen LogP contribution in [0, 0.1) is 18.2 Å². The Labute approximate surface area is 242 Å². The fourth-order valence-corrected chi connectivity index (χ4v) is 5.98. The van der Waals surface area contributed by atoms with Crippen molar-refractivity contribution in [3.63, 3.8) is 0 Å². The third-order valence-corrected chi connectivity index (χ3v) is 8.44. The van der Waals surface area contributed by atoms with Gasteiger partial charge in [-0.1, -0.05) is 36.2 Å². The van der Waals surface area contributed by atoms with E-state index in [1.54, 1.807) is 17.2 Å². The average Bonchev–Trinajstić information content (AvgIpc) is 3.41. The number of carbonyl (C=O) groups is 1. The standard InChI is InChI=1S/C30H30ClFN8O/c1-6-18-16-39(25(41)7-2)17(3)13-40(18)29-21-11-23(31)26(20-9-8-10-24-22(20)12-33-36-24)27(32)28(21)34-30(35-29)38-14-19(15-38)37(4)5/h1,7-12,17-19H,2,13-16H2,3-5H3,(H,33,36)/t17-,18+/m1/s1. The van der Waals surface area contributed by atoms with E-state index >= 15 is 4.39 Å². The molecule has 0 spiro atoms. The first-order chi connectivity index (χ1) is 19.7. The first kappa shape index (κ1) is 27.0. The molecule has 2 atom stereocenters. The van der Waals surface area contributed by atoms with E-state index in [1.165, 1.54) is 6.08 Å². The van der Waals surface area contributed by atoms with E-state index in [2.05, 4.69) is 27.6 Å². The number of terminal acetylenes is 1. The molecule has 210 valence electrons. The van der Waals surface area contributed by atoms with Crippen LogP contribution in [0.3, 0.4) is 0 Å². The van der Waals surface area contributed by atoms with Gasteiger partial charge in [-0.25, -0.2) is 9.37 Å². The van der Waals surface area contributed by atoms with E-state index < -0.39 is 11.9 Å². The monoisotopic (exact) mass is 572 g/mol. The van der Waals surface area contributed by atoms with Gasteiger partial charge in [0.1, 0.15) is 17.4 Å². The SMILES string of the molecule is C#C[C@H]1CN(C(=O)C=C)[C@H](C)CN1c1nc(N2CC(N(C)C)C2)nc2c(F)c(-c3cccc4[nH]ncc34)c(Cl)cc12. The smallest absolute Gasteiger partial charge is 0.246 e. The number of carbonyl (C=O) groups excluding carboxylic acids is 1. The number of nitrogens with zero attached hydrogens (tertiary/aromatic N) is 7. The van der Waals surface area contributed by atoms with Crippen molar-refractivity contribution in [2.45, 2.75) is 25.0 Å². The minimum absolute atomic E-state index is 0.159. The third kappa shape index (κ3) is 4.46. The van der Waals surface area contributed by atoms with Gasteiger partial charge in [0.05, 0.1) is 23.3 Å². The van der Waals surface area contributed by atoms with E-state index in [9.17, 15) is 4.79 Å². The largest absolute Gasteiger partial charge is 0.338 e. The number of aromatic nitrogens is 4. The normalized spacial score (nSPS) is 19.6. The molecular weight excluding hydrogens is 543 g/mol. The van der Waals surface area contributed by atoms with Crippen molar-refractivity contribution in [3.8, 4) is 23.5 Å². The van der Waals surface area contributed by atoms with Crippen molar-refractivity contribution in [3.05, 3.63) is 54.0 Å². The van der Waals surface area contributed by atoms with Crippen molar-refractivity contribution in [2.75, 3.05) is 50.1 Å². The average molecular weight is 573 g/mol. The molecule has 2 aromatic heterocycles. The zero-order chi connectivity index (χ0) is 29.0. The van der Waals surface area contributed by atoms with Crippen LogP contribution in [0.15, 0.2) is 43.1 Å². The summed E-state index contributed by atoms with van der Waals surface area (Å²) < 4.78 is 16.7. The van der Waals surface area contributed by atoms with Gasteiger partial charge in [0.15, 0.2) is 5.82 Å². The van der Waals surface area contributed by atoms with E-state index in [0.717, 1.165) is 10.9 Å². The number of amides is 1. The van der Waals surface area contributed by atoms with E-state index in [1.807, 2.05) is 49.0 Å². The number of hydrogen-bond donors (Lipinski definition) is 1. The highest BCUT2D eigenvalue weighted by molar-refractivity contribution is 6.35. The first-order valence-corrected chi connectivity index (χ1v) is 13.8. The number of benzene rings is 2. The maximum Gasteiger partial charge on any atom is 0.246 e. The maximum absolute atomic E-state index is 16.7. The lowest BCUT2D eigenvalue weighted by molar-refractivity contribution is -0.128. The number of aromatic amines is 1. The molecule has 11 heteroatoms. The Morgan fingerprint density at radius 1 is 1.24 bits per heavy atom. The molecule has 1 amide bonds. The number of rotatable bonds is 5. The van der Waals surface area contributed by atoms with Gasteiger partial charge >= 0.3 is 0 Å². The molecule has 0 aliphatic carbocycles. The zero-order valence-corrected chi connectivity index (χ0v) is 23.9. The topological polar surface area (TPSA) is 84.5 Å². The van der Waals surface area contributed by atoms with Gasteiger partial charge in [-0.05, 0) is 44.8 Å². The molecule has 2 aliphatic rings. The van der Waals surface area contributed by atoms with Gasteiger partial charge in [-0.2, -0.15) is 10.1 Å². The molecule has 6 rings (SSSR count). The second-order valence-electron chi connectivity index (χ2n) is 10.8. The Morgan fingerprint density at radius 3 is 2.73 bits per heavy atom. The van der Waals surface area contributed by atoms with Gasteiger partial charge in [-0.15, -0.1) is 6.42 Å². The molecular formula is C30H30ClFN8O. The molecule has 4 heterocycles. The fraction of sp³-hybridized carbons (Fsp3) is 0.333. The number of piperazine rings is 1. The van der Waals surface area contributed by atoms with Gasteiger partial charge < -0.3 is 19.6 Å². The van der Waals surface area contributed by atoms with Crippen LogP contribution in [-0.2, 0) is 4.79 Å². The number of anilines is 2. The molecule has 41 heavy (non-hydrogen) atoms. The molecule has 2 fully saturated rings. The molecule has 1 N–H and O–H groups in total. The number of fused-ring (bicyclic) bond motifs is 2. The number of likely N-dealkylation sites (N-methyl/N-ethyl adjacent to an activating group) is 1. The summed E-state index contributed by atoms with van der Waals surface area (Å²) in [5.74, 6) is 3.00. The lowest BCUT2D eigenvalue weighted by Crippen LogP contribution is -2.59. The van der Waals surface area contributed by atoms with Crippen LogP contribution in [0.4, 0.5) is 16.2 Å². The van der Waals surface area contributed by atoms with Crippen molar-refractivity contribution < 1.29 is 9.18 Å². The lowest BCUT2D eigenvalue weighted by Gasteiger charge is -2.45. The minimum Gasteiger partial charge on any atom is -0.338 e. The van der Waals surface area contributed by atoms with Crippen LogP contribution >= 0.6 is 11.6 Å². The molecule has 2 aliphatic heterocycles. The summed E-state index contributed by atoms with van der Waals surface area (Å²) in [4.78, 5) is 30.1. The molecule has 0 radical (unpaired) electrons. The van der Waals surface area contributed by atoms with Gasteiger partial charge in [-0.3, -0.25) is 9.89 Å². The fourth-order valence-electron chi connectivity index (χ4n) is 5.68.